The molecule has 162 valence electrons. The summed E-state index contributed by atoms with van der Waals surface area (Å²) in [5.41, 5.74) is 2.25. The Morgan fingerprint density at radius 2 is 1.90 bits per heavy atom. The molecule has 4 rings (SSSR count). The second kappa shape index (κ2) is 9.20. The first-order valence-electron chi connectivity index (χ1n) is 10.5. The molecule has 31 heavy (non-hydrogen) atoms. The number of para-hydroxylation sites is 1. The van der Waals surface area contributed by atoms with E-state index in [1.54, 1.807) is 12.0 Å². The van der Waals surface area contributed by atoms with Crippen LogP contribution in [-0.4, -0.2) is 47.8 Å². The Balaban J connectivity index is 1.26. The molecular weight excluding hydrogens is 394 g/mol. The monoisotopic (exact) mass is 421 g/mol. The van der Waals surface area contributed by atoms with Gasteiger partial charge in [-0.25, -0.2) is 0 Å². The fourth-order valence-electron chi connectivity index (χ4n) is 3.55. The molecule has 3 aromatic rings. The lowest BCUT2D eigenvalue weighted by Crippen LogP contribution is -2.50. The minimum Gasteiger partial charge on any atom is -0.496 e. The van der Waals surface area contributed by atoms with Crippen LogP contribution in [0.3, 0.4) is 0 Å². The van der Waals surface area contributed by atoms with Gasteiger partial charge in [-0.1, -0.05) is 49.3 Å². The minimum atomic E-state index is -0.0436. The molecule has 0 bridgehead atoms. The molecule has 1 aromatic heterocycles. The quantitative estimate of drug-likeness (QED) is 0.551. The summed E-state index contributed by atoms with van der Waals surface area (Å²) in [4.78, 5) is 18.6. The summed E-state index contributed by atoms with van der Waals surface area (Å²) in [6.45, 7) is 5.43. The van der Waals surface area contributed by atoms with Crippen molar-refractivity contribution in [1.82, 2.24) is 15.0 Å². The van der Waals surface area contributed by atoms with Gasteiger partial charge in [-0.2, -0.15) is 4.98 Å². The van der Waals surface area contributed by atoms with Gasteiger partial charge in [-0.3, -0.25) is 4.79 Å². The Kier molecular flexibility index (Phi) is 6.21. The van der Waals surface area contributed by atoms with E-state index in [-0.39, 0.29) is 18.4 Å². The zero-order chi connectivity index (χ0) is 21.8. The van der Waals surface area contributed by atoms with E-state index in [1.165, 1.54) is 5.56 Å². The third-order valence-electron chi connectivity index (χ3n) is 5.52. The van der Waals surface area contributed by atoms with Gasteiger partial charge < -0.3 is 18.9 Å². The second-order valence-electron chi connectivity index (χ2n) is 8.05. The van der Waals surface area contributed by atoms with Gasteiger partial charge in [0.15, 0.2) is 12.4 Å². The zero-order valence-electron chi connectivity index (χ0n) is 18.1. The number of methoxy groups -OCH3 is 1. The van der Waals surface area contributed by atoms with Crippen LogP contribution >= 0.6 is 0 Å². The number of benzene rings is 2. The predicted octanol–water partition coefficient (Wildman–Crippen LogP) is 3.80. The van der Waals surface area contributed by atoms with Crippen LogP contribution in [0.5, 0.6) is 11.5 Å². The summed E-state index contributed by atoms with van der Waals surface area (Å²) in [5, 5.41) is 4.09. The summed E-state index contributed by atoms with van der Waals surface area (Å²) < 4.78 is 16.4. The molecular formula is C24H27N3O4. The molecule has 0 atom stereocenters. The van der Waals surface area contributed by atoms with Crippen molar-refractivity contribution in [2.75, 3.05) is 26.8 Å². The van der Waals surface area contributed by atoms with Crippen LogP contribution in [0.4, 0.5) is 0 Å². The Labute approximate surface area is 182 Å². The predicted molar refractivity (Wildman–Crippen MR) is 115 cm³/mol. The van der Waals surface area contributed by atoms with Crippen LogP contribution in [0.1, 0.15) is 48.5 Å². The molecule has 1 aliphatic heterocycles. The van der Waals surface area contributed by atoms with Crippen molar-refractivity contribution in [2.24, 2.45) is 0 Å². The van der Waals surface area contributed by atoms with E-state index in [0.29, 0.717) is 42.9 Å². The third kappa shape index (κ3) is 4.87. The molecule has 2 aromatic carbocycles. The lowest BCUT2D eigenvalue weighted by atomic mass is 10.00. The number of hydrogen-bond donors (Lipinski definition) is 0. The molecule has 7 heteroatoms. The van der Waals surface area contributed by atoms with E-state index in [9.17, 15) is 4.79 Å². The molecule has 7 nitrogen and oxygen atoms in total. The lowest BCUT2D eigenvalue weighted by molar-refractivity contribution is -0.138. The highest BCUT2D eigenvalue weighted by Crippen LogP contribution is 2.27. The highest BCUT2D eigenvalue weighted by atomic mass is 16.5. The molecule has 1 amide bonds. The molecule has 0 unspecified atom stereocenters. The standard InChI is InChI=1S/C24H27N3O4/c1-16(2)17-8-10-20(11-9-17)30-15-23(28)27-13-19(14-27)24-25-22(26-31-24)12-18-6-4-5-7-21(18)29-3/h4-11,16,19H,12-15H2,1-3H3. The van der Waals surface area contributed by atoms with Gasteiger partial charge in [-0.15, -0.1) is 0 Å². The number of nitrogens with zero attached hydrogens (tertiary/aromatic N) is 3. The number of rotatable bonds is 8. The SMILES string of the molecule is COc1ccccc1Cc1noc(C2CN(C(=O)COc3ccc(C(C)C)cc3)C2)n1. The summed E-state index contributed by atoms with van der Waals surface area (Å²) in [7, 11) is 1.64. The average Bonchev–Trinajstić information content (AvgIpc) is 3.19. The van der Waals surface area contributed by atoms with Crippen LogP contribution in [-0.2, 0) is 11.2 Å². The second-order valence-corrected chi connectivity index (χ2v) is 8.05. The molecule has 1 fully saturated rings. The molecule has 0 aliphatic carbocycles. The maximum Gasteiger partial charge on any atom is 0.260 e. The van der Waals surface area contributed by atoms with Crippen molar-refractivity contribution in [3.63, 3.8) is 0 Å². The molecule has 2 heterocycles. The molecule has 0 saturated carbocycles. The van der Waals surface area contributed by atoms with Gasteiger partial charge in [0.25, 0.3) is 5.91 Å². The molecule has 0 N–H and O–H groups in total. The van der Waals surface area contributed by atoms with Crippen LogP contribution in [0, 0.1) is 0 Å². The van der Waals surface area contributed by atoms with E-state index in [2.05, 4.69) is 24.0 Å². The first kappa shape index (κ1) is 20.9. The molecule has 1 saturated heterocycles. The number of aromatic nitrogens is 2. The van der Waals surface area contributed by atoms with Gasteiger partial charge in [0, 0.05) is 25.1 Å². The largest absolute Gasteiger partial charge is 0.496 e. The minimum absolute atomic E-state index is 0.0244. The first-order valence-corrected chi connectivity index (χ1v) is 10.5. The van der Waals surface area contributed by atoms with Crippen molar-refractivity contribution in [3.8, 4) is 11.5 Å². The molecule has 0 radical (unpaired) electrons. The number of likely N-dealkylation sites (tertiary alicyclic amines) is 1. The maximum atomic E-state index is 12.4. The zero-order valence-corrected chi connectivity index (χ0v) is 18.1. The third-order valence-corrected chi connectivity index (χ3v) is 5.52. The number of amides is 1. The average molecular weight is 421 g/mol. The van der Waals surface area contributed by atoms with Gasteiger partial charge in [0.05, 0.1) is 13.0 Å². The van der Waals surface area contributed by atoms with Gasteiger partial charge in [0.2, 0.25) is 5.89 Å². The first-order chi connectivity index (χ1) is 15.0. The van der Waals surface area contributed by atoms with E-state index >= 15 is 0 Å². The van der Waals surface area contributed by atoms with Crippen LogP contribution < -0.4 is 9.47 Å². The Morgan fingerprint density at radius 3 is 2.61 bits per heavy atom. The summed E-state index contributed by atoms with van der Waals surface area (Å²) >= 11 is 0. The fourth-order valence-corrected chi connectivity index (χ4v) is 3.55. The highest BCUT2D eigenvalue weighted by Gasteiger charge is 2.35. The Morgan fingerprint density at radius 1 is 1.16 bits per heavy atom. The van der Waals surface area contributed by atoms with Crippen molar-refractivity contribution in [2.45, 2.75) is 32.1 Å². The highest BCUT2D eigenvalue weighted by molar-refractivity contribution is 5.78. The van der Waals surface area contributed by atoms with E-state index in [1.807, 2.05) is 48.5 Å². The summed E-state index contributed by atoms with van der Waals surface area (Å²) in [6, 6.07) is 15.6. The number of ether oxygens (including phenoxy) is 2. The van der Waals surface area contributed by atoms with E-state index < -0.39 is 0 Å². The lowest BCUT2D eigenvalue weighted by Gasteiger charge is -2.36. The Bertz CT molecular complexity index is 1020. The van der Waals surface area contributed by atoms with Gasteiger partial charge >= 0.3 is 0 Å². The smallest absolute Gasteiger partial charge is 0.260 e. The van der Waals surface area contributed by atoms with Crippen molar-refractivity contribution >= 4 is 5.91 Å². The van der Waals surface area contributed by atoms with Crippen molar-refractivity contribution in [3.05, 3.63) is 71.4 Å². The number of carbonyl (C=O) groups is 1. The summed E-state index contributed by atoms with van der Waals surface area (Å²) in [6.07, 6.45) is 0.534. The topological polar surface area (TPSA) is 77.7 Å². The van der Waals surface area contributed by atoms with Crippen LogP contribution in [0.2, 0.25) is 0 Å². The molecule has 1 aliphatic rings. The van der Waals surface area contributed by atoms with Gasteiger partial charge in [0.1, 0.15) is 11.5 Å². The van der Waals surface area contributed by atoms with E-state index in [0.717, 1.165) is 11.3 Å². The van der Waals surface area contributed by atoms with Crippen molar-refractivity contribution < 1.29 is 18.8 Å². The van der Waals surface area contributed by atoms with Crippen molar-refractivity contribution in [1.29, 1.82) is 0 Å². The maximum absolute atomic E-state index is 12.4. The Hall–Kier alpha value is -3.35. The van der Waals surface area contributed by atoms with Crippen LogP contribution in [0.15, 0.2) is 53.1 Å². The number of hydrogen-bond acceptors (Lipinski definition) is 6. The van der Waals surface area contributed by atoms with Gasteiger partial charge in [-0.05, 0) is 29.7 Å². The number of carbonyl (C=O) groups excluding carboxylic acids is 1. The fraction of sp³-hybridized carbons (Fsp3) is 0.375. The molecule has 0 spiro atoms. The van der Waals surface area contributed by atoms with E-state index in [4.69, 9.17) is 14.0 Å². The van der Waals surface area contributed by atoms with Crippen LogP contribution in [0.25, 0.3) is 0 Å². The normalized spacial score (nSPS) is 13.9. The summed E-state index contributed by atoms with van der Waals surface area (Å²) in [5.74, 6) is 3.16.